The largest absolute Gasteiger partial charge is 0.341 e. The third kappa shape index (κ3) is 3.98. The Morgan fingerprint density at radius 1 is 1.36 bits per heavy atom. The molecule has 4 nitrogen and oxygen atoms in total. The van der Waals surface area contributed by atoms with Crippen molar-refractivity contribution in [3.05, 3.63) is 0 Å². The summed E-state index contributed by atoms with van der Waals surface area (Å²) >= 11 is 3.11. The molecule has 0 radical (unpaired) electrons. The van der Waals surface area contributed by atoms with Crippen LogP contribution in [0.2, 0.25) is 0 Å². The Hall–Kier alpha value is -0.580. The van der Waals surface area contributed by atoms with Crippen LogP contribution in [0.4, 0.5) is 4.79 Å². The first-order chi connectivity index (χ1) is 4.88. The van der Waals surface area contributed by atoms with E-state index in [0.29, 0.717) is 0 Å². The van der Waals surface area contributed by atoms with Crippen molar-refractivity contribution >= 4 is 27.9 Å². The molecule has 64 valence electrons. The van der Waals surface area contributed by atoms with Crippen LogP contribution in [0.5, 0.6) is 0 Å². The summed E-state index contributed by atoms with van der Waals surface area (Å²) < 4.78 is -0.709. The number of imide groups is 1. The van der Waals surface area contributed by atoms with Gasteiger partial charge in [0.1, 0.15) is 0 Å². The van der Waals surface area contributed by atoms with Gasteiger partial charge in [-0.15, -0.1) is 0 Å². The number of rotatable bonds is 1. The molecule has 0 aromatic carbocycles. The Bertz CT molecular complexity index is 174. The van der Waals surface area contributed by atoms with Crippen molar-refractivity contribution in [3.63, 3.8) is 0 Å². The predicted octanol–water partition coefficient (Wildman–Crippen LogP) is 0.615. The second kappa shape index (κ2) is 3.71. The third-order valence-corrected chi connectivity index (χ3v) is 1.35. The van der Waals surface area contributed by atoms with Gasteiger partial charge in [-0.25, -0.2) is 4.79 Å². The predicted molar refractivity (Wildman–Crippen MR) is 45.6 cm³/mol. The highest BCUT2D eigenvalue weighted by atomic mass is 79.9. The van der Waals surface area contributed by atoms with Gasteiger partial charge in [0.25, 0.3) is 0 Å². The van der Waals surface area contributed by atoms with Crippen LogP contribution in [-0.4, -0.2) is 23.3 Å². The Kier molecular flexibility index (Phi) is 3.51. The molecule has 0 spiro atoms. The van der Waals surface area contributed by atoms with Crippen molar-refractivity contribution in [1.29, 1.82) is 0 Å². The zero-order valence-electron chi connectivity index (χ0n) is 6.69. The molecule has 0 unspecified atom stereocenters. The normalized spacial score (nSPS) is 10.5. The van der Waals surface area contributed by atoms with Gasteiger partial charge in [0.2, 0.25) is 5.91 Å². The van der Waals surface area contributed by atoms with Gasteiger partial charge in [0.15, 0.2) is 0 Å². The molecule has 0 aromatic heterocycles. The fourth-order valence-corrected chi connectivity index (χ4v) is 0.413. The highest BCUT2D eigenvalue weighted by molar-refractivity contribution is 9.10. The monoisotopic (exact) mass is 222 g/mol. The van der Waals surface area contributed by atoms with E-state index in [0.717, 1.165) is 0 Å². The fraction of sp³-hybridized carbons (Fsp3) is 0.667. The number of carbonyl (C=O) groups is 2. The first-order valence-corrected chi connectivity index (χ1v) is 3.89. The van der Waals surface area contributed by atoms with Gasteiger partial charge in [0, 0.05) is 7.05 Å². The average molecular weight is 223 g/mol. The van der Waals surface area contributed by atoms with E-state index in [4.69, 9.17) is 0 Å². The standard InChI is InChI=1S/C6H11BrN2O2/c1-6(2,7)4(10)9-5(11)8-3/h1-3H3,(H2,8,9,10,11). The van der Waals surface area contributed by atoms with E-state index in [1.807, 2.05) is 0 Å². The smallest absolute Gasteiger partial charge is 0.321 e. The van der Waals surface area contributed by atoms with Gasteiger partial charge in [-0.05, 0) is 13.8 Å². The maximum Gasteiger partial charge on any atom is 0.321 e. The highest BCUT2D eigenvalue weighted by Crippen LogP contribution is 2.14. The average Bonchev–Trinajstić information content (AvgIpc) is 1.85. The maximum absolute atomic E-state index is 11.0. The molecule has 0 saturated carbocycles. The first kappa shape index (κ1) is 10.4. The molecule has 0 saturated heterocycles. The molecule has 0 aliphatic heterocycles. The van der Waals surface area contributed by atoms with Crippen molar-refractivity contribution in [1.82, 2.24) is 10.6 Å². The molecule has 2 N–H and O–H groups in total. The van der Waals surface area contributed by atoms with Gasteiger partial charge in [-0.2, -0.15) is 0 Å². The minimum Gasteiger partial charge on any atom is -0.341 e. The number of halogens is 1. The molecule has 5 heteroatoms. The summed E-state index contributed by atoms with van der Waals surface area (Å²) in [7, 11) is 1.45. The lowest BCUT2D eigenvalue weighted by Crippen LogP contribution is -2.44. The van der Waals surface area contributed by atoms with Gasteiger partial charge in [-0.1, -0.05) is 15.9 Å². The lowest BCUT2D eigenvalue weighted by Gasteiger charge is -2.14. The maximum atomic E-state index is 11.0. The first-order valence-electron chi connectivity index (χ1n) is 3.10. The zero-order valence-corrected chi connectivity index (χ0v) is 8.28. The van der Waals surface area contributed by atoms with Gasteiger partial charge < -0.3 is 5.32 Å². The number of hydrogen-bond donors (Lipinski definition) is 2. The van der Waals surface area contributed by atoms with Crippen LogP contribution in [-0.2, 0) is 4.79 Å². The van der Waals surface area contributed by atoms with E-state index in [9.17, 15) is 9.59 Å². The summed E-state index contributed by atoms with van der Waals surface area (Å²) in [6, 6.07) is -0.498. The third-order valence-electron chi connectivity index (χ3n) is 0.994. The zero-order chi connectivity index (χ0) is 9.07. The summed E-state index contributed by atoms with van der Waals surface area (Å²) in [5.41, 5.74) is 0. The highest BCUT2D eigenvalue weighted by Gasteiger charge is 2.24. The van der Waals surface area contributed by atoms with Crippen LogP contribution in [0.15, 0.2) is 0 Å². The molecule has 0 aromatic rings. The number of nitrogens with one attached hydrogen (secondary N) is 2. The topological polar surface area (TPSA) is 58.2 Å². The van der Waals surface area contributed by atoms with E-state index in [1.54, 1.807) is 13.8 Å². The number of urea groups is 1. The van der Waals surface area contributed by atoms with Crippen LogP contribution in [0, 0.1) is 0 Å². The van der Waals surface area contributed by atoms with Crippen molar-refractivity contribution in [2.45, 2.75) is 18.2 Å². The summed E-state index contributed by atoms with van der Waals surface area (Å²) in [5, 5.41) is 4.41. The summed E-state index contributed by atoms with van der Waals surface area (Å²) in [6.45, 7) is 3.32. The van der Waals surface area contributed by atoms with Crippen LogP contribution < -0.4 is 10.6 Å². The Balaban J connectivity index is 3.99. The van der Waals surface area contributed by atoms with Crippen LogP contribution in [0.25, 0.3) is 0 Å². The van der Waals surface area contributed by atoms with Crippen molar-refractivity contribution in [2.75, 3.05) is 7.05 Å². The minimum atomic E-state index is -0.709. The van der Waals surface area contributed by atoms with Crippen LogP contribution in [0.1, 0.15) is 13.8 Å². The van der Waals surface area contributed by atoms with E-state index in [1.165, 1.54) is 7.05 Å². The summed E-state index contributed by atoms with van der Waals surface area (Å²) in [6.07, 6.45) is 0. The second-order valence-electron chi connectivity index (χ2n) is 2.51. The minimum absolute atomic E-state index is 0.364. The van der Waals surface area contributed by atoms with Crippen molar-refractivity contribution in [2.24, 2.45) is 0 Å². The number of amides is 3. The van der Waals surface area contributed by atoms with E-state index < -0.39 is 10.4 Å². The number of carbonyl (C=O) groups excluding carboxylic acids is 2. The van der Waals surface area contributed by atoms with Crippen LogP contribution in [0.3, 0.4) is 0 Å². The van der Waals surface area contributed by atoms with Crippen molar-refractivity contribution in [3.8, 4) is 0 Å². The summed E-state index contributed by atoms with van der Waals surface area (Å²) in [5.74, 6) is -0.364. The van der Waals surface area contributed by atoms with Gasteiger partial charge in [-0.3, -0.25) is 10.1 Å². The Labute approximate surface area is 73.9 Å². The molecule has 0 atom stereocenters. The molecule has 0 aliphatic rings. The fourth-order valence-electron chi connectivity index (χ4n) is 0.314. The van der Waals surface area contributed by atoms with E-state index >= 15 is 0 Å². The molecule has 3 amide bonds. The molecule has 0 fully saturated rings. The molecular formula is C6H11BrN2O2. The summed E-state index contributed by atoms with van der Waals surface area (Å²) in [4.78, 5) is 21.6. The van der Waals surface area contributed by atoms with Gasteiger partial charge in [0.05, 0.1) is 4.32 Å². The van der Waals surface area contributed by atoms with Gasteiger partial charge >= 0.3 is 6.03 Å². The molecule has 0 heterocycles. The lowest BCUT2D eigenvalue weighted by molar-refractivity contribution is -0.121. The second-order valence-corrected chi connectivity index (χ2v) is 4.49. The van der Waals surface area contributed by atoms with Crippen molar-refractivity contribution < 1.29 is 9.59 Å². The number of hydrogen-bond acceptors (Lipinski definition) is 2. The molecule has 0 aliphatic carbocycles. The molecule has 0 rings (SSSR count). The Morgan fingerprint density at radius 3 is 2.09 bits per heavy atom. The molecule has 0 bridgehead atoms. The van der Waals surface area contributed by atoms with Crippen LogP contribution >= 0.6 is 15.9 Å². The SMILES string of the molecule is CNC(=O)NC(=O)C(C)(C)Br. The number of alkyl halides is 1. The molecule has 11 heavy (non-hydrogen) atoms. The quantitative estimate of drug-likeness (QED) is 0.640. The Morgan fingerprint density at radius 2 is 1.82 bits per heavy atom. The van der Waals surface area contributed by atoms with E-state index in [2.05, 4.69) is 26.6 Å². The lowest BCUT2D eigenvalue weighted by atomic mass is 10.2. The van der Waals surface area contributed by atoms with E-state index in [-0.39, 0.29) is 5.91 Å². The molecular weight excluding hydrogens is 212 g/mol.